The van der Waals surface area contributed by atoms with Crippen LogP contribution in [0.1, 0.15) is 36.7 Å². The van der Waals surface area contributed by atoms with Crippen LogP contribution in [0.3, 0.4) is 0 Å². The number of rotatable bonds is 3. The minimum absolute atomic E-state index is 0.162. The van der Waals surface area contributed by atoms with Crippen molar-refractivity contribution in [2.45, 2.75) is 39.3 Å². The predicted octanol–water partition coefficient (Wildman–Crippen LogP) is 0.856. The number of carbonyl (C=O) groups is 1. The van der Waals surface area contributed by atoms with Crippen molar-refractivity contribution in [3.05, 3.63) is 29.6 Å². The average Bonchev–Trinajstić information content (AvgIpc) is 3.03. The number of amides is 1. The van der Waals surface area contributed by atoms with E-state index in [0.717, 1.165) is 23.9 Å². The molecule has 0 spiro atoms. The third kappa shape index (κ3) is 2.55. The van der Waals surface area contributed by atoms with Gasteiger partial charge in [0.1, 0.15) is 5.82 Å². The Hall–Kier alpha value is -2.18. The van der Waals surface area contributed by atoms with Crippen molar-refractivity contribution >= 4 is 5.91 Å². The highest BCUT2D eigenvalue weighted by Gasteiger charge is 2.27. The number of hydrogen-bond donors (Lipinski definition) is 0. The molecule has 0 N–H and O–H groups in total. The molecule has 7 nitrogen and oxygen atoms in total. The van der Waals surface area contributed by atoms with Crippen molar-refractivity contribution in [1.29, 1.82) is 0 Å². The van der Waals surface area contributed by atoms with Crippen LogP contribution < -0.4 is 0 Å². The highest BCUT2D eigenvalue weighted by molar-refractivity contribution is 5.76. The first kappa shape index (κ1) is 13.8. The third-order valence-corrected chi connectivity index (χ3v) is 4.06. The molecule has 2 aromatic heterocycles. The topological polar surface area (TPSA) is 68.8 Å². The van der Waals surface area contributed by atoms with Crippen LogP contribution in [-0.2, 0) is 24.8 Å². The van der Waals surface area contributed by atoms with Crippen LogP contribution in [0.4, 0.5) is 0 Å². The molecule has 1 amide bonds. The number of nitrogens with zero attached hydrogens (tertiary/aromatic N) is 6. The molecule has 0 radical (unpaired) electrons. The Bertz CT molecular complexity index is 658. The van der Waals surface area contributed by atoms with Gasteiger partial charge < -0.3 is 9.47 Å². The van der Waals surface area contributed by atoms with Crippen LogP contribution in [0.15, 0.2) is 12.3 Å². The number of aryl methyl sites for hydroxylation is 3. The van der Waals surface area contributed by atoms with Crippen LogP contribution in [0, 0.1) is 6.92 Å². The van der Waals surface area contributed by atoms with Gasteiger partial charge in [0.25, 0.3) is 0 Å². The minimum Gasteiger partial charge on any atom is -0.333 e. The maximum atomic E-state index is 12.4. The van der Waals surface area contributed by atoms with E-state index in [-0.39, 0.29) is 11.9 Å². The van der Waals surface area contributed by atoms with Crippen molar-refractivity contribution in [3.8, 4) is 0 Å². The van der Waals surface area contributed by atoms with Gasteiger partial charge in [0.15, 0.2) is 5.82 Å². The fourth-order valence-electron chi connectivity index (χ4n) is 2.96. The second-order valence-corrected chi connectivity index (χ2v) is 5.60. The van der Waals surface area contributed by atoms with Crippen LogP contribution in [0.25, 0.3) is 0 Å². The Morgan fingerprint density at radius 1 is 1.43 bits per heavy atom. The molecule has 7 heteroatoms. The van der Waals surface area contributed by atoms with Crippen LogP contribution in [-0.4, -0.2) is 41.9 Å². The van der Waals surface area contributed by atoms with Crippen LogP contribution >= 0.6 is 0 Å². The van der Waals surface area contributed by atoms with E-state index >= 15 is 0 Å². The lowest BCUT2D eigenvalue weighted by Crippen LogP contribution is -2.40. The lowest BCUT2D eigenvalue weighted by atomic mass is 10.1. The van der Waals surface area contributed by atoms with Crippen molar-refractivity contribution in [2.24, 2.45) is 7.05 Å². The molecule has 3 heterocycles. The summed E-state index contributed by atoms with van der Waals surface area (Å²) in [6.07, 6.45) is 2.97. The quantitative estimate of drug-likeness (QED) is 0.840. The molecule has 0 fully saturated rings. The van der Waals surface area contributed by atoms with Gasteiger partial charge >= 0.3 is 0 Å². The average molecular weight is 288 g/mol. The van der Waals surface area contributed by atoms with Crippen molar-refractivity contribution in [3.63, 3.8) is 0 Å². The third-order valence-electron chi connectivity index (χ3n) is 4.06. The fraction of sp³-hybridized carbons (Fsp3) is 0.571. The monoisotopic (exact) mass is 288 g/mol. The molecule has 1 atom stereocenters. The van der Waals surface area contributed by atoms with E-state index in [4.69, 9.17) is 0 Å². The molecule has 1 aliphatic rings. The standard InChI is InChI=1S/C14H20N6O/c1-10-8-19(9-13-17-16-11(2)20(10)13)14(21)5-4-12-6-7-15-18(12)3/h6-7,10H,4-5,8-9H2,1-3H3/t10-/m1/s1. The molecule has 2 aromatic rings. The van der Waals surface area contributed by atoms with Crippen LogP contribution in [0.5, 0.6) is 0 Å². The lowest BCUT2D eigenvalue weighted by molar-refractivity contribution is -0.133. The number of fused-ring (bicyclic) bond motifs is 1. The maximum Gasteiger partial charge on any atom is 0.223 e. The molecular formula is C14H20N6O. The van der Waals surface area contributed by atoms with E-state index in [2.05, 4.69) is 26.8 Å². The second kappa shape index (κ2) is 5.31. The first-order chi connectivity index (χ1) is 10.1. The second-order valence-electron chi connectivity index (χ2n) is 5.60. The van der Waals surface area contributed by atoms with Crippen molar-refractivity contribution in [1.82, 2.24) is 29.4 Å². The Morgan fingerprint density at radius 2 is 2.24 bits per heavy atom. The largest absolute Gasteiger partial charge is 0.333 e. The van der Waals surface area contributed by atoms with Gasteiger partial charge in [-0.2, -0.15) is 5.10 Å². The van der Waals surface area contributed by atoms with Gasteiger partial charge in [-0.25, -0.2) is 0 Å². The Balaban J connectivity index is 1.65. The van der Waals surface area contributed by atoms with Gasteiger partial charge in [0.2, 0.25) is 5.91 Å². The van der Waals surface area contributed by atoms with E-state index in [1.807, 2.05) is 29.6 Å². The summed E-state index contributed by atoms with van der Waals surface area (Å²) in [4.78, 5) is 14.3. The van der Waals surface area contributed by atoms with E-state index < -0.39 is 0 Å². The molecule has 0 saturated heterocycles. The molecule has 3 rings (SSSR count). The molecule has 0 aliphatic carbocycles. The zero-order chi connectivity index (χ0) is 15.0. The Morgan fingerprint density at radius 3 is 2.95 bits per heavy atom. The summed E-state index contributed by atoms with van der Waals surface area (Å²) in [6, 6.07) is 2.18. The normalized spacial score (nSPS) is 17.9. The highest BCUT2D eigenvalue weighted by Crippen LogP contribution is 2.21. The summed E-state index contributed by atoms with van der Waals surface area (Å²) in [5.41, 5.74) is 1.08. The molecule has 112 valence electrons. The predicted molar refractivity (Wildman–Crippen MR) is 76.4 cm³/mol. The first-order valence-corrected chi connectivity index (χ1v) is 7.21. The van der Waals surface area contributed by atoms with Gasteiger partial charge in [-0.05, 0) is 26.3 Å². The number of aromatic nitrogens is 5. The smallest absolute Gasteiger partial charge is 0.223 e. The molecule has 1 aliphatic heterocycles. The number of hydrogen-bond acceptors (Lipinski definition) is 4. The van der Waals surface area contributed by atoms with Crippen LogP contribution in [0.2, 0.25) is 0 Å². The van der Waals surface area contributed by atoms with Gasteiger partial charge in [0, 0.05) is 31.9 Å². The molecule has 0 aromatic carbocycles. The maximum absolute atomic E-state index is 12.4. The van der Waals surface area contributed by atoms with E-state index in [0.29, 0.717) is 19.4 Å². The summed E-state index contributed by atoms with van der Waals surface area (Å²) in [7, 11) is 1.90. The SMILES string of the molecule is Cc1nnc2n1[C@H](C)CN(C(=O)CCc1ccnn1C)C2. The van der Waals surface area contributed by atoms with Gasteiger partial charge in [0.05, 0.1) is 12.6 Å². The summed E-state index contributed by atoms with van der Waals surface area (Å²) in [5.74, 6) is 1.95. The van der Waals surface area contributed by atoms with Gasteiger partial charge in [-0.15, -0.1) is 10.2 Å². The van der Waals surface area contributed by atoms with E-state index in [9.17, 15) is 4.79 Å². The molecular weight excluding hydrogens is 268 g/mol. The lowest BCUT2D eigenvalue weighted by Gasteiger charge is -2.32. The fourth-order valence-corrected chi connectivity index (χ4v) is 2.96. The summed E-state index contributed by atoms with van der Waals surface area (Å²) in [6.45, 7) is 5.32. The van der Waals surface area contributed by atoms with E-state index in [1.165, 1.54) is 0 Å². The van der Waals surface area contributed by atoms with Gasteiger partial charge in [-0.1, -0.05) is 0 Å². The van der Waals surface area contributed by atoms with E-state index in [1.54, 1.807) is 6.20 Å². The molecule has 0 unspecified atom stereocenters. The van der Waals surface area contributed by atoms with Crippen molar-refractivity contribution in [2.75, 3.05) is 6.54 Å². The zero-order valence-electron chi connectivity index (χ0n) is 12.7. The minimum atomic E-state index is 0.162. The first-order valence-electron chi connectivity index (χ1n) is 7.21. The Kier molecular flexibility index (Phi) is 3.48. The van der Waals surface area contributed by atoms with Crippen molar-refractivity contribution < 1.29 is 4.79 Å². The summed E-state index contributed by atoms with van der Waals surface area (Å²) >= 11 is 0. The Labute approximate surface area is 123 Å². The zero-order valence-corrected chi connectivity index (χ0v) is 12.7. The molecule has 0 bridgehead atoms. The molecule has 21 heavy (non-hydrogen) atoms. The van der Waals surface area contributed by atoms with Gasteiger partial charge in [-0.3, -0.25) is 9.48 Å². The molecule has 0 saturated carbocycles. The summed E-state index contributed by atoms with van der Waals surface area (Å²) in [5, 5.41) is 12.4. The highest BCUT2D eigenvalue weighted by atomic mass is 16.2. The summed E-state index contributed by atoms with van der Waals surface area (Å²) < 4.78 is 3.93. The number of carbonyl (C=O) groups excluding carboxylic acids is 1.